The Morgan fingerprint density at radius 2 is 2.17 bits per heavy atom. The first-order chi connectivity index (χ1) is 11.1. The van der Waals surface area contributed by atoms with E-state index in [2.05, 4.69) is 5.10 Å². The molecular weight excluding hydrogens is 316 g/mol. The topological polar surface area (TPSA) is 90.4 Å². The molecule has 23 heavy (non-hydrogen) atoms. The third-order valence-electron chi connectivity index (χ3n) is 3.78. The van der Waals surface area contributed by atoms with Crippen LogP contribution in [0.1, 0.15) is 13.0 Å². The molecule has 122 valence electrons. The predicted molar refractivity (Wildman–Crippen MR) is 88.3 cm³/mol. The molecule has 0 bridgehead atoms. The minimum atomic E-state index is -0.706. The number of nitrogen functional groups attached to an aromatic ring is 1. The van der Waals surface area contributed by atoms with Crippen LogP contribution in [0, 0.1) is 0 Å². The zero-order valence-corrected chi connectivity index (χ0v) is 13.6. The van der Waals surface area contributed by atoms with E-state index < -0.39 is 11.6 Å². The minimum absolute atomic E-state index is 0.0880. The minimum Gasteiger partial charge on any atom is -0.394 e. The van der Waals surface area contributed by atoms with Gasteiger partial charge in [0.05, 0.1) is 18.1 Å². The third-order valence-corrected chi connectivity index (χ3v) is 4.68. The van der Waals surface area contributed by atoms with Gasteiger partial charge in [0.15, 0.2) is 0 Å². The summed E-state index contributed by atoms with van der Waals surface area (Å²) in [6.07, 6.45) is 0. The molecule has 0 aliphatic carbocycles. The van der Waals surface area contributed by atoms with Gasteiger partial charge in [0.2, 0.25) is 5.91 Å². The first kappa shape index (κ1) is 15.7. The van der Waals surface area contributed by atoms with Crippen LogP contribution in [-0.4, -0.2) is 46.9 Å². The van der Waals surface area contributed by atoms with Crippen molar-refractivity contribution >= 4 is 22.9 Å². The summed E-state index contributed by atoms with van der Waals surface area (Å²) in [5.41, 5.74) is 6.07. The van der Waals surface area contributed by atoms with Crippen molar-refractivity contribution in [2.24, 2.45) is 0 Å². The van der Waals surface area contributed by atoms with Crippen LogP contribution < -0.4 is 11.3 Å². The number of carbonyl (C=O) groups is 1. The monoisotopic (exact) mass is 334 g/mol. The summed E-state index contributed by atoms with van der Waals surface area (Å²) >= 11 is 1.50. The molecule has 1 fully saturated rings. The van der Waals surface area contributed by atoms with Crippen molar-refractivity contribution in [2.45, 2.75) is 13.0 Å². The molecule has 0 unspecified atom stereocenters. The Bertz CT molecular complexity index is 751. The van der Waals surface area contributed by atoms with Crippen LogP contribution in [-0.2, 0) is 9.53 Å². The summed E-state index contributed by atoms with van der Waals surface area (Å²) in [5.74, 6) is -0.148. The first-order valence-electron chi connectivity index (χ1n) is 7.37. The summed E-state index contributed by atoms with van der Waals surface area (Å²) in [4.78, 5) is 27.5. The molecule has 8 heteroatoms. The second-order valence-electron chi connectivity index (χ2n) is 5.33. The fourth-order valence-corrected chi connectivity index (χ4v) is 3.17. The molecule has 1 amide bonds. The predicted octanol–water partition coefficient (Wildman–Crippen LogP) is 0.974. The molecule has 0 saturated carbocycles. The third kappa shape index (κ3) is 3.13. The second kappa shape index (κ2) is 6.51. The number of hydrogen-bond donors (Lipinski definition) is 1. The molecule has 7 nitrogen and oxygen atoms in total. The summed E-state index contributed by atoms with van der Waals surface area (Å²) in [7, 11) is 0. The van der Waals surface area contributed by atoms with E-state index in [0.29, 0.717) is 32.0 Å². The fraction of sp³-hybridized carbons (Fsp3) is 0.400. The summed E-state index contributed by atoms with van der Waals surface area (Å²) in [6.45, 7) is 3.75. The molecule has 2 aromatic heterocycles. The number of thiophene rings is 1. The van der Waals surface area contributed by atoms with Gasteiger partial charge < -0.3 is 15.4 Å². The number of anilines is 1. The van der Waals surface area contributed by atoms with Gasteiger partial charge in [-0.05, 0) is 24.4 Å². The maximum atomic E-state index is 12.6. The van der Waals surface area contributed by atoms with Gasteiger partial charge in [-0.15, -0.1) is 11.3 Å². The average Bonchev–Trinajstić information content (AvgIpc) is 3.11. The Labute approximate surface area is 137 Å². The lowest BCUT2D eigenvalue weighted by atomic mass is 10.2. The van der Waals surface area contributed by atoms with Gasteiger partial charge in [0.1, 0.15) is 17.4 Å². The lowest BCUT2D eigenvalue weighted by Crippen LogP contribution is -2.45. The van der Waals surface area contributed by atoms with E-state index in [0.717, 1.165) is 4.88 Å². The largest absolute Gasteiger partial charge is 0.394 e. The highest BCUT2D eigenvalue weighted by molar-refractivity contribution is 7.13. The maximum Gasteiger partial charge on any atom is 0.290 e. The summed E-state index contributed by atoms with van der Waals surface area (Å²) in [6, 6.07) is 4.64. The Kier molecular flexibility index (Phi) is 4.44. The van der Waals surface area contributed by atoms with Crippen LogP contribution in [0.2, 0.25) is 0 Å². The number of hydrogen-bond acceptors (Lipinski definition) is 6. The van der Waals surface area contributed by atoms with E-state index in [4.69, 9.17) is 10.5 Å². The van der Waals surface area contributed by atoms with Crippen molar-refractivity contribution in [3.05, 3.63) is 33.9 Å². The number of amides is 1. The Morgan fingerprint density at radius 1 is 1.43 bits per heavy atom. The van der Waals surface area contributed by atoms with Crippen molar-refractivity contribution in [1.82, 2.24) is 14.7 Å². The molecule has 0 spiro atoms. The van der Waals surface area contributed by atoms with Gasteiger partial charge in [-0.3, -0.25) is 9.59 Å². The lowest BCUT2D eigenvalue weighted by Gasteiger charge is -2.29. The van der Waals surface area contributed by atoms with E-state index in [1.54, 1.807) is 17.9 Å². The normalized spacial score (nSPS) is 16.3. The highest BCUT2D eigenvalue weighted by atomic mass is 32.1. The number of nitrogens with two attached hydrogens (primary N) is 1. The average molecular weight is 334 g/mol. The van der Waals surface area contributed by atoms with Gasteiger partial charge in [-0.2, -0.15) is 5.10 Å². The molecule has 2 aromatic rings. The van der Waals surface area contributed by atoms with E-state index >= 15 is 0 Å². The molecule has 1 atom stereocenters. The Morgan fingerprint density at radius 3 is 2.83 bits per heavy atom. The Balaban J connectivity index is 1.94. The first-order valence-corrected chi connectivity index (χ1v) is 8.25. The van der Waals surface area contributed by atoms with Gasteiger partial charge in [0, 0.05) is 13.1 Å². The number of morpholine rings is 1. The van der Waals surface area contributed by atoms with Crippen LogP contribution in [0.5, 0.6) is 0 Å². The number of nitrogens with zero attached hydrogens (tertiary/aromatic N) is 3. The molecule has 1 saturated heterocycles. The molecular formula is C15H18N4O3S. The van der Waals surface area contributed by atoms with E-state index in [1.807, 2.05) is 17.5 Å². The maximum absolute atomic E-state index is 12.6. The van der Waals surface area contributed by atoms with Crippen LogP contribution in [0.15, 0.2) is 28.4 Å². The number of ether oxygens (including phenoxy) is 1. The van der Waals surface area contributed by atoms with Crippen molar-refractivity contribution in [3.8, 4) is 10.6 Å². The van der Waals surface area contributed by atoms with E-state index in [1.165, 1.54) is 16.0 Å². The number of carbonyl (C=O) groups excluding carboxylic acids is 1. The van der Waals surface area contributed by atoms with Gasteiger partial charge >= 0.3 is 0 Å². The molecule has 2 N–H and O–H groups in total. The SMILES string of the molecule is C[C@@H](C(=O)N1CCOCC1)n1nc(-c2cccs2)cc(N)c1=O. The van der Waals surface area contributed by atoms with Crippen molar-refractivity contribution in [1.29, 1.82) is 0 Å². The van der Waals surface area contributed by atoms with Gasteiger partial charge in [-0.1, -0.05) is 6.07 Å². The standard InChI is InChI=1S/C15H18N4O3S/c1-10(14(20)18-4-6-22-7-5-18)19-15(21)11(16)9-12(17-19)13-3-2-8-23-13/h2-3,8-10H,4-7,16H2,1H3/t10-/m0/s1. The van der Waals surface area contributed by atoms with Crippen LogP contribution in [0.25, 0.3) is 10.6 Å². The Hall–Kier alpha value is -2.19. The van der Waals surface area contributed by atoms with Crippen LogP contribution in [0.4, 0.5) is 5.69 Å². The number of aromatic nitrogens is 2. The summed E-state index contributed by atoms with van der Waals surface area (Å²) in [5, 5.41) is 6.27. The highest BCUT2D eigenvalue weighted by Gasteiger charge is 2.26. The fourth-order valence-electron chi connectivity index (χ4n) is 2.49. The quantitative estimate of drug-likeness (QED) is 0.903. The molecule has 3 rings (SSSR count). The second-order valence-corrected chi connectivity index (χ2v) is 6.27. The van der Waals surface area contributed by atoms with Gasteiger partial charge in [0.25, 0.3) is 5.56 Å². The zero-order chi connectivity index (χ0) is 16.4. The lowest BCUT2D eigenvalue weighted by molar-refractivity contribution is -0.138. The van der Waals surface area contributed by atoms with Gasteiger partial charge in [-0.25, -0.2) is 4.68 Å². The van der Waals surface area contributed by atoms with Crippen molar-refractivity contribution in [2.75, 3.05) is 32.0 Å². The van der Waals surface area contributed by atoms with E-state index in [9.17, 15) is 9.59 Å². The van der Waals surface area contributed by atoms with Crippen LogP contribution >= 0.6 is 11.3 Å². The molecule has 1 aliphatic heterocycles. The number of rotatable bonds is 3. The van der Waals surface area contributed by atoms with E-state index in [-0.39, 0.29) is 11.6 Å². The smallest absolute Gasteiger partial charge is 0.290 e. The highest BCUT2D eigenvalue weighted by Crippen LogP contribution is 2.23. The molecule has 1 aliphatic rings. The van der Waals surface area contributed by atoms with Crippen molar-refractivity contribution in [3.63, 3.8) is 0 Å². The zero-order valence-electron chi connectivity index (χ0n) is 12.8. The molecule has 0 radical (unpaired) electrons. The molecule has 0 aromatic carbocycles. The van der Waals surface area contributed by atoms with Crippen molar-refractivity contribution < 1.29 is 9.53 Å². The summed E-state index contributed by atoms with van der Waals surface area (Å²) < 4.78 is 6.43. The van der Waals surface area contributed by atoms with Crippen LogP contribution in [0.3, 0.4) is 0 Å². The molecule has 3 heterocycles.